The van der Waals surface area contributed by atoms with Gasteiger partial charge in [-0.3, -0.25) is 4.90 Å². The topological polar surface area (TPSA) is 15.3 Å². The van der Waals surface area contributed by atoms with E-state index in [1.807, 2.05) is 13.8 Å². The second-order valence-corrected chi connectivity index (χ2v) is 6.16. The van der Waals surface area contributed by atoms with Gasteiger partial charge in [-0.15, -0.1) is 0 Å². The quantitative estimate of drug-likeness (QED) is 0.730. The minimum atomic E-state index is -4.11. The van der Waals surface area contributed by atoms with Crippen LogP contribution < -0.4 is 5.32 Å². The van der Waals surface area contributed by atoms with Gasteiger partial charge in [0.2, 0.25) is 0 Å². The van der Waals surface area contributed by atoms with Gasteiger partial charge in [-0.05, 0) is 37.9 Å². The molecule has 0 fully saturated rings. The summed E-state index contributed by atoms with van der Waals surface area (Å²) in [5, 5.41) is 3.37. The van der Waals surface area contributed by atoms with Crippen molar-refractivity contribution in [3.8, 4) is 0 Å². The van der Waals surface area contributed by atoms with Crippen molar-refractivity contribution in [3.05, 3.63) is 0 Å². The summed E-state index contributed by atoms with van der Waals surface area (Å²) in [5.74, 6) is 0. The van der Waals surface area contributed by atoms with Crippen LogP contribution in [0.4, 0.5) is 13.2 Å². The number of nitrogens with zero attached hydrogens (tertiary/aromatic N) is 1. The Hall–Kier alpha value is -0.290. The molecule has 5 heteroatoms. The van der Waals surface area contributed by atoms with E-state index in [1.165, 1.54) is 4.90 Å². The van der Waals surface area contributed by atoms with E-state index in [2.05, 4.69) is 26.1 Å². The number of rotatable bonds is 8. The second kappa shape index (κ2) is 8.10. The minimum absolute atomic E-state index is 0.0616. The summed E-state index contributed by atoms with van der Waals surface area (Å²) in [5.41, 5.74) is 0.0616. The SMILES string of the molecule is CCCN(CCC(NCC)C(C)(C)C)CC(F)(F)F. The van der Waals surface area contributed by atoms with Crippen molar-refractivity contribution < 1.29 is 13.2 Å². The molecule has 0 bridgehead atoms. The maximum atomic E-state index is 12.5. The molecule has 1 unspecified atom stereocenters. The van der Waals surface area contributed by atoms with Crippen molar-refractivity contribution in [1.29, 1.82) is 0 Å². The Balaban J connectivity index is 4.42. The molecule has 0 amide bonds. The highest BCUT2D eigenvalue weighted by Gasteiger charge is 2.31. The van der Waals surface area contributed by atoms with E-state index in [4.69, 9.17) is 0 Å². The highest BCUT2D eigenvalue weighted by molar-refractivity contribution is 4.81. The van der Waals surface area contributed by atoms with E-state index < -0.39 is 12.7 Å². The fourth-order valence-corrected chi connectivity index (χ4v) is 2.24. The van der Waals surface area contributed by atoms with E-state index in [1.54, 1.807) is 0 Å². The summed E-state index contributed by atoms with van der Waals surface area (Å²) in [7, 11) is 0. The molecule has 0 heterocycles. The average Bonchev–Trinajstić information content (AvgIpc) is 2.20. The predicted octanol–water partition coefficient (Wildman–Crippen LogP) is 3.68. The van der Waals surface area contributed by atoms with Crippen LogP contribution in [0.5, 0.6) is 0 Å². The highest BCUT2D eigenvalue weighted by atomic mass is 19.4. The maximum Gasteiger partial charge on any atom is 0.401 e. The molecular weight excluding hydrogens is 253 g/mol. The standard InChI is InChI=1S/C14H29F3N2/c1-6-9-19(11-14(15,16)17)10-8-12(18-7-2)13(3,4)5/h12,18H,6-11H2,1-5H3. The van der Waals surface area contributed by atoms with Crippen LogP contribution in [0, 0.1) is 5.41 Å². The third-order valence-corrected chi connectivity index (χ3v) is 3.17. The molecule has 2 nitrogen and oxygen atoms in total. The molecule has 0 aromatic rings. The first-order chi connectivity index (χ1) is 8.60. The van der Waals surface area contributed by atoms with Gasteiger partial charge in [-0.25, -0.2) is 0 Å². The van der Waals surface area contributed by atoms with Crippen LogP contribution in [0.15, 0.2) is 0 Å². The van der Waals surface area contributed by atoms with Crippen molar-refractivity contribution in [2.75, 3.05) is 26.2 Å². The lowest BCUT2D eigenvalue weighted by molar-refractivity contribution is -0.146. The van der Waals surface area contributed by atoms with Gasteiger partial charge in [0.1, 0.15) is 0 Å². The molecule has 0 rings (SSSR count). The first-order valence-electron chi connectivity index (χ1n) is 7.12. The van der Waals surface area contributed by atoms with Gasteiger partial charge in [-0.2, -0.15) is 13.2 Å². The monoisotopic (exact) mass is 282 g/mol. The lowest BCUT2D eigenvalue weighted by Gasteiger charge is -2.33. The van der Waals surface area contributed by atoms with Crippen LogP contribution >= 0.6 is 0 Å². The predicted molar refractivity (Wildman–Crippen MR) is 74.3 cm³/mol. The van der Waals surface area contributed by atoms with Crippen molar-refractivity contribution in [2.24, 2.45) is 5.41 Å². The third-order valence-electron chi connectivity index (χ3n) is 3.17. The molecule has 0 aromatic heterocycles. The van der Waals surface area contributed by atoms with Gasteiger partial charge < -0.3 is 5.32 Å². The van der Waals surface area contributed by atoms with Crippen LogP contribution in [0.3, 0.4) is 0 Å². The van der Waals surface area contributed by atoms with Gasteiger partial charge in [0, 0.05) is 6.04 Å². The number of halogens is 3. The number of hydrogen-bond donors (Lipinski definition) is 1. The van der Waals surface area contributed by atoms with Crippen molar-refractivity contribution in [2.45, 2.75) is 59.7 Å². The van der Waals surface area contributed by atoms with Crippen LogP contribution in [0.25, 0.3) is 0 Å². The Morgan fingerprint density at radius 1 is 1.05 bits per heavy atom. The molecule has 1 N–H and O–H groups in total. The van der Waals surface area contributed by atoms with Gasteiger partial charge in [0.25, 0.3) is 0 Å². The second-order valence-electron chi connectivity index (χ2n) is 6.16. The zero-order valence-corrected chi connectivity index (χ0v) is 12.9. The molecule has 1 atom stereocenters. The maximum absolute atomic E-state index is 12.5. The molecule has 0 spiro atoms. The molecular formula is C14H29F3N2. The third kappa shape index (κ3) is 9.27. The minimum Gasteiger partial charge on any atom is -0.314 e. The highest BCUT2D eigenvalue weighted by Crippen LogP contribution is 2.23. The molecule has 0 aliphatic rings. The number of hydrogen-bond acceptors (Lipinski definition) is 2. The van der Waals surface area contributed by atoms with E-state index in [-0.39, 0.29) is 11.5 Å². The van der Waals surface area contributed by atoms with Gasteiger partial charge in [0.05, 0.1) is 6.54 Å². The largest absolute Gasteiger partial charge is 0.401 e. The van der Waals surface area contributed by atoms with Crippen molar-refractivity contribution in [3.63, 3.8) is 0 Å². The van der Waals surface area contributed by atoms with E-state index in [9.17, 15) is 13.2 Å². The molecule has 0 aliphatic heterocycles. The van der Waals surface area contributed by atoms with Crippen molar-refractivity contribution >= 4 is 0 Å². The van der Waals surface area contributed by atoms with Crippen LogP contribution in [0.1, 0.15) is 47.5 Å². The Kier molecular flexibility index (Phi) is 7.98. The number of alkyl halides is 3. The summed E-state index contributed by atoms with van der Waals surface area (Å²) < 4.78 is 37.4. The Labute approximate surface area is 115 Å². The lowest BCUT2D eigenvalue weighted by Crippen LogP contribution is -2.44. The summed E-state index contributed by atoms with van der Waals surface area (Å²) in [6, 6.07) is 0.241. The van der Waals surface area contributed by atoms with Gasteiger partial charge in [-0.1, -0.05) is 34.6 Å². The Morgan fingerprint density at radius 2 is 1.63 bits per heavy atom. The zero-order valence-electron chi connectivity index (χ0n) is 12.9. The van der Waals surface area contributed by atoms with Crippen molar-refractivity contribution in [1.82, 2.24) is 10.2 Å². The summed E-state index contributed by atoms with van der Waals surface area (Å²) >= 11 is 0. The van der Waals surface area contributed by atoms with Gasteiger partial charge >= 0.3 is 6.18 Å². The summed E-state index contributed by atoms with van der Waals surface area (Å²) in [6.07, 6.45) is -2.62. The van der Waals surface area contributed by atoms with Crippen LogP contribution in [-0.2, 0) is 0 Å². The fraction of sp³-hybridized carbons (Fsp3) is 1.00. The lowest BCUT2D eigenvalue weighted by atomic mass is 9.84. The molecule has 19 heavy (non-hydrogen) atoms. The fourth-order valence-electron chi connectivity index (χ4n) is 2.24. The van der Waals surface area contributed by atoms with E-state index in [0.29, 0.717) is 13.1 Å². The Morgan fingerprint density at radius 3 is 2.00 bits per heavy atom. The molecule has 0 aromatic carbocycles. The first-order valence-corrected chi connectivity index (χ1v) is 7.12. The van der Waals surface area contributed by atoms with Crippen LogP contribution in [0.2, 0.25) is 0 Å². The zero-order chi connectivity index (χ0) is 15.1. The summed E-state index contributed by atoms with van der Waals surface area (Å²) in [4.78, 5) is 1.51. The molecule has 0 saturated carbocycles. The average molecular weight is 282 g/mol. The molecule has 116 valence electrons. The smallest absolute Gasteiger partial charge is 0.314 e. The summed E-state index contributed by atoms with van der Waals surface area (Å²) in [6.45, 7) is 11.3. The number of nitrogens with one attached hydrogen (secondary N) is 1. The van der Waals surface area contributed by atoms with E-state index >= 15 is 0 Å². The normalized spacial score (nSPS) is 15.0. The molecule has 0 radical (unpaired) electrons. The van der Waals surface area contributed by atoms with Gasteiger partial charge in [0.15, 0.2) is 0 Å². The Bertz CT molecular complexity index is 234. The van der Waals surface area contributed by atoms with E-state index in [0.717, 1.165) is 19.4 Å². The molecule has 0 saturated heterocycles. The molecule has 0 aliphatic carbocycles. The first kappa shape index (κ1) is 18.7. The van der Waals surface area contributed by atoms with Crippen LogP contribution in [-0.4, -0.2) is 43.3 Å².